The Balaban J connectivity index is 1.08. The van der Waals surface area contributed by atoms with Crippen LogP contribution in [0.5, 0.6) is 0 Å². The molecular formula is C65H40N4. The van der Waals surface area contributed by atoms with Gasteiger partial charge < -0.3 is 9.13 Å². The second kappa shape index (κ2) is 14.4. The van der Waals surface area contributed by atoms with Gasteiger partial charge in [-0.15, -0.1) is 0 Å². The molecule has 0 saturated heterocycles. The highest BCUT2D eigenvalue weighted by Gasteiger charge is 2.52. The van der Waals surface area contributed by atoms with E-state index in [1.165, 1.54) is 71.6 Å². The maximum atomic E-state index is 5.44. The van der Waals surface area contributed by atoms with E-state index in [0.717, 1.165) is 56.0 Å². The molecule has 0 bridgehead atoms. The lowest BCUT2D eigenvalue weighted by Gasteiger charge is -2.30. The predicted molar refractivity (Wildman–Crippen MR) is 283 cm³/mol. The minimum atomic E-state index is -0.479. The fraction of sp³-hybridized carbons (Fsp3) is 0.0154. The van der Waals surface area contributed by atoms with Crippen LogP contribution in [-0.2, 0) is 5.41 Å². The Labute approximate surface area is 398 Å². The Morgan fingerprint density at radius 1 is 0.304 bits per heavy atom. The van der Waals surface area contributed by atoms with Crippen LogP contribution in [0.4, 0.5) is 0 Å². The molecule has 4 heteroatoms. The van der Waals surface area contributed by atoms with Crippen molar-refractivity contribution in [3.63, 3.8) is 0 Å². The van der Waals surface area contributed by atoms with E-state index in [1.807, 2.05) is 6.07 Å². The molecule has 0 saturated carbocycles. The second-order valence-corrected chi connectivity index (χ2v) is 18.4. The van der Waals surface area contributed by atoms with Crippen LogP contribution in [0.2, 0.25) is 0 Å². The van der Waals surface area contributed by atoms with Gasteiger partial charge in [0.2, 0.25) is 0 Å². The summed E-state index contributed by atoms with van der Waals surface area (Å²) in [5, 5.41) is 4.87. The lowest BCUT2D eigenvalue weighted by atomic mass is 9.70. The van der Waals surface area contributed by atoms with Gasteiger partial charge in [0.1, 0.15) is 0 Å². The van der Waals surface area contributed by atoms with E-state index in [-0.39, 0.29) is 0 Å². The van der Waals surface area contributed by atoms with Gasteiger partial charge in [-0.2, -0.15) is 0 Å². The third-order valence-corrected chi connectivity index (χ3v) is 14.9. The van der Waals surface area contributed by atoms with E-state index in [1.54, 1.807) is 0 Å². The van der Waals surface area contributed by atoms with Crippen molar-refractivity contribution in [1.82, 2.24) is 19.1 Å². The van der Waals surface area contributed by atoms with Crippen LogP contribution in [-0.4, -0.2) is 19.1 Å². The lowest BCUT2D eigenvalue weighted by Crippen LogP contribution is -2.25. The maximum Gasteiger partial charge on any atom is 0.160 e. The Morgan fingerprint density at radius 2 is 0.754 bits per heavy atom. The topological polar surface area (TPSA) is 35.6 Å². The van der Waals surface area contributed by atoms with E-state index >= 15 is 0 Å². The van der Waals surface area contributed by atoms with E-state index in [2.05, 4.69) is 246 Å². The minimum Gasteiger partial charge on any atom is -0.309 e. The van der Waals surface area contributed by atoms with E-state index in [9.17, 15) is 0 Å². The molecule has 0 radical (unpaired) electrons. The summed E-state index contributed by atoms with van der Waals surface area (Å²) in [4.78, 5) is 10.7. The monoisotopic (exact) mass is 876 g/mol. The fourth-order valence-corrected chi connectivity index (χ4v) is 12.2. The van der Waals surface area contributed by atoms with Crippen LogP contribution in [0.1, 0.15) is 22.3 Å². The zero-order valence-electron chi connectivity index (χ0n) is 37.4. The Morgan fingerprint density at radius 3 is 1.36 bits per heavy atom. The first-order valence-electron chi connectivity index (χ1n) is 23.7. The summed E-state index contributed by atoms with van der Waals surface area (Å²) in [6.07, 6.45) is 0. The molecule has 3 aromatic heterocycles. The zero-order valence-corrected chi connectivity index (χ0v) is 37.4. The summed E-state index contributed by atoms with van der Waals surface area (Å²) >= 11 is 0. The number of benzene rings is 10. The molecule has 10 aromatic carbocycles. The van der Waals surface area contributed by atoms with Crippen molar-refractivity contribution in [2.24, 2.45) is 0 Å². The number of fused-ring (bicyclic) bond motifs is 17. The summed E-state index contributed by atoms with van der Waals surface area (Å²) in [6, 6.07) is 88.6. The van der Waals surface area contributed by atoms with Crippen molar-refractivity contribution in [2.45, 2.75) is 5.41 Å². The molecule has 13 aromatic rings. The van der Waals surface area contributed by atoms with Crippen LogP contribution in [0.25, 0.3) is 111 Å². The summed E-state index contributed by atoms with van der Waals surface area (Å²) < 4.78 is 4.98. The Bertz CT molecular complexity index is 4100. The van der Waals surface area contributed by atoms with Gasteiger partial charge in [-0.25, -0.2) is 9.97 Å². The van der Waals surface area contributed by atoms with Gasteiger partial charge in [-0.05, 0) is 81.4 Å². The number of nitrogens with zero attached hydrogens (tertiary/aromatic N) is 4. The van der Waals surface area contributed by atoms with E-state index in [0.29, 0.717) is 5.82 Å². The van der Waals surface area contributed by atoms with Gasteiger partial charge in [-0.1, -0.05) is 200 Å². The molecule has 69 heavy (non-hydrogen) atoms. The molecule has 15 rings (SSSR count). The van der Waals surface area contributed by atoms with E-state index < -0.39 is 5.41 Å². The normalized spacial score (nSPS) is 13.0. The van der Waals surface area contributed by atoms with Crippen molar-refractivity contribution >= 4 is 43.6 Å². The second-order valence-electron chi connectivity index (χ2n) is 18.4. The summed E-state index contributed by atoms with van der Waals surface area (Å²) in [5.41, 5.74) is 21.4. The average molecular weight is 877 g/mol. The van der Waals surface area contributed by atoms with Gasteiger partial charge >= 0.3 is 0 Å². The van der Waals surface area contributed by atoms with Gasteiger partial charge in [0.15, 0.2) is 5.82 Å². The van der Waals surface area contributed by atoms with Crippen molar-refractivity contribution in [3.05, 3.63) is 265 Å². The number of hydrogen-bond donors (Lipinski definition) is 0. The van der Waals surface area contributed by atoms with Crippen LogP contribution < -0.4 is 0 Å². The standard InChI is InChI=1S/C65H40N4/c1-3-19-41(20-4-1)57-40-58(67-64(66-57)42-21-5-2-6-22-42)43-37-44(68-59-32-16-10-25-48(59)49-26-11-17-33-60(49)68)39-45(38-43)69-61-34-18-12-27-50(61)51-35-36-56-62(63(51)69)52-28-9-15-31-55(52)65(56)53-29-13-7-23-46(53)47-24-8-14-30-54(47)65/h1-40H. The van der Waals surface area contributed by atoms with E-state index in [4.69, 9.17) is 9.97 Å². The highest BCUT2D eigenvalue weighted by Crippen LogP contribution is 2.64. The zero-order chi connectivity index (χ0) is 45.2. The molecule has 320 valence electrons. The predicted octanol–water partition coefficient (Wildman–Crippen LogP) is 16.0. The summed E-state index contributed by atoms with van der Waals surface area (Å²) in [7, 11) is 0. The Hall–Kier alpha value is -9.12. The first-order chi connectivity index (χ1) is 34.2. The third kappa shape index (κ3) is 5.28. The van der Waals surface area contributed by atoms with Gasteiger partial charge in [0, 0.05) is 55.2 Å². The molecule has 1 spiro atoms. The SMILES string of the molecule is c1ccc(-c2cc(-c3cc(-n4c5ccccc5c5ccccc54)cc(-n4c5ccccc5c5ccc6c(c54)-c4ccccc4C64c5ccccc5-c5ccccc54)c3)nc(-c3ccccc3)n2)cc1. The van der Waals surface area contributed by atoms with Gasteiger partial charge in [0.05, 0.1) is 38.9 Å². The smallest absolute Gasteiger partial charge is 0.160 e. The molecule has 0 atom stereocenters. The van der Waals surface area contributed by atoms with Gasteiger partial charge in [0.25, 0.3) is 0 Å². The molecule has 0 unspecified atom stereocenters. The summed E-state index contributed by atoms with van der Waals surface area (Å²) in [6.45, 7) is 0. The summed E-state index contributed by atoms with van der Waals surface area (Å²) in [5.74, 6) is 0.685. The number of para-hydroxylation sites is 3. The van der Waals surface area contributed by atoms with Gasteiger partial charge in [-0.3, -0.25) is 0 Å². The first kappa shape index (κ1) is 38.0. The van der Waals surface area contributed by atoms with Crippen molar-refractivity contribution in [2.75, 3.05) is 0 Å². The molecule has 2 aliphatic carbocycles. The number of hydrogen-bond acceptors (Lipinski definition) is 2. The highest BCUT2D eigenvalue weighted by molar-refractivity contribution is 6.17. The first-order valence-corrected chi connectivity index (χ1v) is 23.7. The maximum absolute atomic E-state index is 5.44. The highest BCUT2D eigenvalue weighted by atomic mass is 15.0. The minimum absolute atomic E-state index is 0.479. The fourth-order valence-electron chi connectivity index (χ4n) is 12.2. The molecule has 4 nitrogen and oxygen atoms in total. The number of rotatable bonds is 5. The molecular weight excluding hydrogens is 837 g/mol. The quantitative estimate of drug-likeness (QED) is 0.173. The largest absolute Gasteiger partial charge is 0.309 e. The lowest BCUT2D eigenvalue weighted by molar-refractivity contribution is 0.794. The van der Waals surface area contributed by atoms with Crippen molar-refractivity contribution < 1.29 is 0 Å². The van der Waals surface area contributed by atoms with Crippen molar-refractivity contribution in [3.8, 4) is 67.5 Å². The van der Waals surface area contributed by atoms with Crippen LogP contribution in [0, 0.1) is 0 Å². The molecule has 0 amide bonds. The molecule has 0 aliphatic heterocycles. The molecule has 2 aliphatic rings. The average Bonchev–Trinajstić information content (AvgIpc) is 4.13. The molecule has 0 N–H and O–H groups in total. The van der Waals surface area contributed by atoms with Crippen LogP contribution in [0.15, 0.2) is 243 Å². The third-order valence-electron chi connectivity index (χ3n) is 14.9. The number of aromatic nitrogens is 4. The molecule has 3 heterocycles. The molecule has 0 fully saturated rings. The Kier molecular flexibility index (Phi) is 7.96. The van der Waals surface area contributed by atoms with Crippen LogP contribution >= 0.6 is 0 Å². The van der Waals surface area contributed by atoms with Crippen molar-refractivity contribution in [1.29, 1.82) is 0 Å². The van der Waals surface area contributed by atoms with Crippen LogP contribution in [0.3, 0.4) is 0 Å².